The van der Waals surface area contributed by atoms with Crippen LogP contribution in [0.25, 0.3) is 10.2 Å². The fraction of sp³-hybridized carbons (Fsp3) is 0.273. The Morgan fingerprint density at radius 2 is 1.91 bits per heavy atom. The molecular weight excluding hydrogens is 450 g/mol. The van der Waals surface area contributed by atoms with Crippen molar-refractivity contribution in [3.05, 3.63) is 59.4 Å². The number of benzene rings is 2. The van der Waals surface area contributed by atoms with Crippen LogP contribution in [0, 0.1) is 0 Å². The molecule has 0 saturated carbocycles. The Morgan fingerprint density at radius 3 is 2.53 bits per heavy atom. The molecule has 1 aliphatic rings. The summed E-state index contributed by atoms with van der Waals surface area (Å²) in [6.07, 6.45) is 1.73. The first-order valence-electron chi connectivity index (χ1n) is 9.93. The molecule has 0 spiro atoms. The number of allylic oxidation sites excluding steroid dienone is 1. The van der Waals surface area contributed by atoms with Crippen LogP contribution in [0.2, 0.25) is 0 Å². The Hall–Kier alpha value is -2.95. The third kappa shape index (κ3) is 3.96. The molecule has 3 aromatic rings. The molecule has 2 aromatic carbocycles. The number of amides is 1. The van der Waals surface area contributed by atoms with Gasteiger partial charge < -0.3 is 14.0 Å². The number of hydrogen-bond acceptors (Lipinski definition) is 6. The number of aromatic nitrogens is 1. The lowest BCUT2D eigenvalue weighted by atomic mass is 10.2. The maximum Gasteiger partial charge on any atom is 0.279 e. The maximum atomic E-state index is 12.8. The number of carbonyl (C=O) groups is 1. The molecular formula is C22H23N3O5S2. The molecule has 1 aromatic heterocycles. The second-order valence-corrected chi connectivity index (χ2v) is 10.5. The molecule has 0 radical (unpaired) electrons. The minimum absolute atomic E-state index is 0.128. The van der Waals surface area contributed by atoms with E-state index in [0.717, 1.165) is 10.2 Å². The molecule has 168 valence electrons. The van der Waals surface area contributed by atoms with Gasteiger partial charge in [0, 0.05) is 37.3 Å². The molecule has 32 heavy (non-hydrogen) atoms. The van der Waals surface area contributed by atoms with E-state index in [1.807, 2.05) is 16.7 Å². The summed E-state index contributed by atoms with van der Waals surface area (Å²) in [4.78, 5) is 17.8. The van der Waals surface area contributed by atoms with Gasteiger partial charge in [-0.1, -0.05) is 17.4 Å². The minimum atomic E-state index is -3.62. The Labute approximate surface area is 190 Å². The van der Waals surface area contributed by atoms with Crippen molar-refractivity contribution in [3.63, 3.8) is 0 Å². The van der Waals surface area contributed by atoms with Gasteiger partial charge in [0.05, 0.1) is 15.1 Å². The predicted octanol–water partition coefficient (Wildman–Crippen LogP) is 3.39. The minimum Gasteiger partial charge on any atom is -0.454 e. The van der Waals surface area contributed by atoms with Gasteiger partial charge in [0.15, 0.2) is 16.3 Å². The topological polar surface area (TPSA) is 90.2 Å². The highest BCUT2D eigenvalue weighted by Crippen LogP contribution is 2.37. The van der Waals surface area contributed by atoms with Crippen LogP contribution in [0.5, 0.6) is 11.5 Å². The van der Waals surface area contributed by atoms with Crippen molar-refractivity contribution in [2.24, 2.45) is 4.99 Å². The first-order valence-corrected chi connectivity index (χ1v) is 12.2. The predicted molar refractivity (Wildman–Crippen MR) is 123 cm³/mol. The third-order valence-electron chi connectivity index (χ3n) is 5.19. The quantitative estimate of drug-likeness (QED) is 0.512. The standard InChI is InChI=1S/C22H23N3O5S2/c1-5-10-25-17-11-18-19(30-13-29-18)12-20(17)31-22(25)23-21(26)15-6-8-16(9-7-15)32(27,28)24(4)14(2)3/h5-9,11-12,14H,1,10,13H2,2-4H3. The average molecular weight is 474 g/mol. The molecule has 8 nitrogen and oxygen atoms in total. The fourth-order valence-electron chi connectivity index (χ4n) is 3.22. The van der Waals surface area contributed by atoms with E-state index in [9.17, 15) is 13.2 Å². The summed E-state index contributed by atoms with van der Waals surface area (Å²) in [7, 11) is -2.09. The van der Waals surface area contributed by atoms with E-state index in [2.05, 4.69) is 11.6 Å². The van der Waals surface area contributed by atoms with Crippen LogP contribution in [0.4, 0.5) is 0 Å². The monoisotopic (exact) mass is 473 g/mol. The van der Waals surface area contributed by atoms with Crippen molar-refractivity contribution >= 4 is 37.5 Å². The van der Waals surface area contributed by atoms with Gasteiger partial charge in [0.25, 0.3) is 5.91 Å². The molecule has 0 N–H and O–H groups in total. The zero-order valence-corrected chi connectivity index (χ0v) is 19.6. The summed E-state index contributed by atoms with van der Waals surface area (Å²) in [6, 6.07) is 9.38. The van der Waals surface area contributed by atoms with Gasteiger partial charge in [0.2, 0.25) is 16.8 Å². The van der Waals surface area contributed by atoms with Crippen molar-refractivity contribution in [3.8, 4) is 11.5 Å². The normalized spacial score (nSPS) is 14.0. The van der Waals surface area contributed by atoms with Crippen LogP contribution in [0.1, 0.15) is 24.2 Å². The third-order valence-corrected chi connectivity index (χ3v) is 8.28. The molecule has 1 aliphatic heterocycles. The van der Waals surface area contributed by atoms with E-state index >= 15 is 0 Å². The van der Waals surface area contributed by atoms with Gasteiger partial charge in [-0.3, -0.25) is 4.79 Å². The molecule has 0 saturated heterocycles. The molecule has 0 aliphatic carbocycles. The van der Waals surface area contributed by atoms with Gasteiger partial charge in [0.1, 0.15) is 0 Å². The zero-order chi connectivity index (χ0) is 23.0. The first kappa shape index (κ1) is 22.3. The van der Waals surface area contributed by atoms with Gasteiger partial charge in [-0.2, -0.15) is 9.30 Å². The molecule has 0 unspecified atom stereocenters. The molecule has 0 bridgehead atoms. The second kappa shape index (κ2) is 8.53. The lowest BCUT2D eigenvalue weighted by Crippen LogP contribution is -2.33. The highest BCUT2D eigenvalue weighted by atomic mass is 32.2. The number of carbonyl (C=O) groups excluding carboxylic acids is 1. The van der Waals surface area contributed by atoms with Gasteiger partial charge in [-0.25, -0.2) is 8.42 Å². The van der Waals surface area contributed by atoms with E-state index in [4.69, 9.17) is 9.47 Å². The van der Waals surface area contributed by atoms with Crippen molar-refractivity contribution in [2.45, 2.75) is 31.3 Å². The van der Waals surface area contributed by atoms with Crippen molar-refractivity contribution < 1.29 is 22.7 Å². The molecule has 4 rings (SSSR count). The van der Waals surface area contributed by atoms with E-state index < -0.39 is 15.9 Å². The number of ether oxygens (including phenoxy) is 2. The number of thiazole rings is 1. The first-order chi connectivity index (χ1) is 15.2. The van der Waals surface area contributed by atoms with Crippen molar-refractivity contribution in [1.29, 1.82) is 0 Å². The molecule has 0 atom stereocenters. The Morgan fingerprint density at radius 1 is 1.25 bits per heavy atom. The van der Waals surface area contributed by atoms with Gasteiger partial charge in [-0.05, 0) is 38.1 Å². The lowest BCUT2D eigenvalue weighted by molar-refractivity contribution is 0.0997. The Kier molecular flexibility index (Phi) is 5.93. The number of hydrogen-bond donors (Lipinski definition) is 0. The van der Waals surface area contributed by atoms with Gasteiger partial charge in [-0.15, -0.1) is 6.58 Å². The van der Waals surface area contributed by atoms with Crippen molar-refractivity contribution in [2.75, 3.05) is 13.8 Å². The maximum absolute atomic E-state index is 12.8. The molecule has 2 heterocycles. The number of rotatable bonds is 6. The van der Waals surface area contributed by atoms with Crippen LogP contribution in [-0.4, -0.2) is 43.1 Å². The molecule has 0 fully saturated rings. The van der Waals surface area contributed by atoms with E-state index in [1.165, 1.54) is 47.0 Å². The molecule has 10 heteroatoms. The summed E-state index contributed by atoms with van der Waals surface area (Å²) in [6.45, 7) is 8.03. The Bertz CT molecular complexity index is 1370. The van der Waals surface area contributed by atoms with E-state index in [1.54, 1.807) is 19.9 Å². The van der Waals surface area contributed by atoms with Crippen LogP contribution in [0.15, 0.2) is 58.9 Å². The van der Waals surface area contributed by atoms with Crippen LogP contribution in [0.3, 0.4) is 0 Å². The number of sulfonamides is 1. The molecule has 1 amide bonds. The van der Waals surface area contributed by atoms with Crippen LogP contribution >= 0.6 is 11.3 Å². The van der Waals surface area contributed by atoms with Crippen LogP contribution in [-0.2, 0) is 16.6 Å². The summed E-state index contributed by atoms with van der Waals surface area (Å²) >= 11 is 1.36. The largest absolute Gasteiger partial charge is 0.454 e. The number of fused-ring (bicyclic) bond motifs is 2. The van der Waals surface area contributed by atoms with E-state index in [0.29, 0.717) is 28.4 Å². The summed E-state index contributed by atoms with van der Waals surface area (Å²) in [5.41, 5.74) is 1.16. The fourth-order valence-corrected chi connectivity index (χ4v) is 5.63. The van der Waals surface area contributed by atoms with Crippen molar-refractivity contribution in [1.82, 2.24) is 8.87 Å². The summed E-state index contributed by atoms with van der Waals surface area (Å²) < 4.78 is 40.2. The highest BCUT2D eigenvalue weighted by Gasteiger charge is 2.23. The second-order valence-electron chi connectivity index (χ2n) is 7.51. The SMILES string of the molecule is C=CCn1c(=NC(=O)c2ccc(S(=O)(=O)N(C)C(C)C)cc2)sc2cc3c(cc21)OCO3. The Balaban J connectivity index is 1.71. The van der Waals surface area contributed by atoms with Gasteiger partial charge >= 0.3 is 0 Å². The number of nitrogens with zero attached hydrogens (tertiary/aromatic N) is 3. The highest BCUT2D eigenvalue weighted by molar-refractivity contribution is 7.89. The summed E-state index contributed by atoms with van der Waals surface area (Å²) in [5, 5.41) is 0. The van der Waals surface area contributed by atoms with E-state index in [-0.39, 0.29) is 17.7 Å². The zero-order valence-electron chi connectivity index (χ0n) is 17.9. The smallest absolute Gasteiger partial charge is 0.279 e. The summed E-state index contributed by atoms with van der Waals surface area (Å²) in [5.74, 6) is 0.843. The lowest BCUT2D eigenvalue weighted by Gasteiger charge is -2.20. The average Bonchev–Trinajstić information content (AvgIpc) is 3.35. The van der Waals surface area contributed by atoms with Crippen LogP contribution < -0.4 is 14.3 Å².